The highest BCUT2D eigenvalue weighted by Crippen LogP contribution is 2.28. The van der Waals surface area contributed by atoms with Gasteiger partial charge in [0.05, 0.1) is 12.2 Å². The van der Waals surface area contributed by atoms with Crippen LogP contribution >= 0.6 is 0 Å². The fourth-order valence-electron chi connectivity index (χ4n) is 3.01. The van der Waals surface area contributed by atoms with Crippen LogP contribution in [0, 0.1) is 5.92 Å². The van der Waals surface area contributed by atoms with E-state index in [0.717, 1.165) is 37.3 Å². The highest BCUT2D eigenvalue weighted by atomic mass is 16.4. The summed E-state index contributed by atoms with van der Waals surface area (Å²) in [4.78, 5) is 18.4. The van der Waals surface area contributed by atoms with Gasteiger partial charge in [-0.25, -0.2) is 0 Å². The molecular weight excluding hydrogens is 230 g/mol. The van der Waals surface area contributed by atoms with Crippen LogP contribution in [-0.4, -0.2) is 22.3 Å². The van der Waals surface area contributed by atoms with Gasteiger partial charge in [0, 0.05) is 18.9 Å². The number of carbonyl (C=O) groups excluding carboxylic acids is 1. The number of anilines is 1. The summed E-state index contributed by atoms with van der Waals surface area (Å²) in [6, 6.07) is 0.215. The van der Waals surface area contributed by atoms with E-state index < -0.39 is 0 Å². The zero-order chi connectivity index (χ0) is 12.5. The number of rotatable bonds is 1. The molecule has 0 bridgehead atoms. The molecular formula is C13H19N3O2. The normalized spacial score (nSPS) is 20.8. The number of nitrogens with zero attached hydrogens (tertiary/aromatic N) is 2. The number of fused-ring (bicyclic) bond motifs is 1. The molecule has 0 aromatic carbocycles. The third kappa shape index (κ3) is 2.09. The first-order valence-electron chi connectivity index (χ1n) is 6.77. The molecule has 2 N–H and O–H groups in total. The third-order valence-corrected chi connectivity index (χ3v) is 4.01. The largest absolute Gasteiger partial charge is 0.427 e. The summed E-state index contributed by atoms with van der Waals surface area (Å²) in [6.45, 7) is 1.28. The lowest BCUT2D eigenvalue weighted by atomic mass is 9.88. The summed E-state index contributed by atoms with van der Waals surface area (Å²) in [5, 5.41) is 0. The number of hydrogen-bond acceptors (Lipinski definition) is 4. The molecule has 0 unspecified atom stereocenters. The number of carbonyl (C=O) groups is 1. The van der Waals surface area contributed by atoms with Gasteiger partial charge >= 0.3 is 0 Å². The van der Waals surface area contributed by atoms with Gasteiger partial charge in [-0.15, -0.1) is 0 Å². The van der Waals surface area contributed by atoms with Crippen molar-refractivity contribution in [1.29, 1.82) is 0 Å². The second kappa shape index (κ2) is 4.63. The molecule has 5 nitrogen and oxygen atoms in total. The van der Waals surface area contributed by atoms with E-state index in [-0.39, 0.29) is 17.8 Å². The molecule has 1 aromatic rings. The topological polar surface area (TPSA) is 72.4 Å². The van der Waals surface area contributed by atoms with Crippen LogP contribution in [0.25, 0.3) is 0 Å². The van der Waals surface area contributed by atoms with Gasteiger partial charge in [-0.05, 0) is 12.8 Å². The quantitative estimate of drug-likeness (QED) is 0.822. The van der Waals surface area contributed by atoms with Crippen LogP contribution in [0.5, 0.6) is 0 Å². The minimum atomic E-state index is 0.215. The van der Waals surface area contributed by atoms with Crippen LogP contribution in [0.1, 0.15) is 43.6 Å². The molecule has 1 aromatic heterocycles. The van der Waals surface area contributed by atoms with E-state index in [4.69, 9.17) is 10.2 Å². The van der Waals surface area contributed by atoms with Crippen LogP contribution in [0.4, 0.5) is 6.01 Å². The van der Waals surface area contributed by atoms with E-state index in [2.05, 4.69) is 4.98 Å². The molecule has 2 aliphatic rings. The standard InChI is InChI=1S/C13H19N3O2/c14-13-15-10-6-7-16(8-11(10)18-13)12(17)9-4-2-1-3-5-9/h9H,1-8H2,(H2,14,15). The molecule has 0 saturated heterocycles. The summed E-state index contributed by atoms with van der Waals surface area (Å²) in [6.07, 6.45) is 6.48. The third-order valence-electron chi connectivity index (χ3n) is 4.01. The van der Waals surface area contributed by atoms with Crippen molar-refractivity contribution in [2.75, 3.05) is 12.3 Å². The zero-order valence-electron chi connectivity index (χ0n) is 10.5. The summed E-state index contributed by atoms with van der Waals surface area (Å²) >= 11 is 0. The maximum absolute atomic E-state index is 12.4. The Labute approximate surface area is 106 Å². The molecule has 0 atom stereocenters. The van der Waals surface area contributed by atoms with E-state index in [1.165, 1.54) is 19.3 Å². The average Bonchev–Trinajstić information content (AvgIpc) is 2.78. The Bertz CT molecular complexity index is 449. The predicted octanol–water partition coefficient (Wildman–Crippen LogP) is 1.72. The van der Waals surface area contributed by atoms with E-state index >= 15 is 0 Å². The number of nitrogen functional groups attached to an aromatic ring is 1. The van der Waals surface area contributed by atoms with Gasteiger partial charge in [0.25, 0.3) is 6.01 Å². The zero-order valence-corrected chi connectivity index (χ0v) is 10.5. The van der Waals surface area contributed by atoms with Gasteiger partial charge in [-0.1, -0.05) is 19.3 Å². The Morgan fingerprint density at radius 3 is 2.89 bits per heavy atom. The first-order chi connectivity index (χ1) is 8.74. The highest BCUT2D eigenvalue weighted by Gasteiger charge is 2.30. The first-order valence-corrected chi connectivity index (χ1v) is 6.77. The lowest BCUT2D eigenvalue weighted by Gasteiger charge is -2.30. The highest BCUT2D eigenvalue weighted by molar-refractivity contribution is 5.79. The number of hydrogen-bond donors (Lipinski definition) is 1. The Kier molecular flexibility index (Phi) is 2.97. The lowest BCUT2D eigenvalue weighted by molar-refractivity contribution is -0.137. The van der Waals surface area contributed by atoms with Crippen molar-refractivity contribution in [1.82, 2.24) is 9.88 Å². The molecule has 98 valence electrons. The summed E-state index contributed by atoms with van der Waals surface area (Å²) < 4.78 is 5.35. The average molecular weight is 249 g/mol. The van der Waals surface area contributed by atoms with Crippen molar-refractivity contribution in [3.8, 4) is 0 Å². The van der Waals surface area contributed by atoms with E-state index in [1.807, 2.05) is 4.90 Å². The number of nitrogens with two attached hydrogens (primary N) is 1. The van der Waals surface area contributed by atoms with Crippen LogP contribution in [0.15, 0.2) is 4.42 Å². The Balaban J connectivity index is 1.69. The maximum atomic E-state index is 12.4. The number of aromatic nitrogens is 1. The Hall–Kier alpha value is -1.52. The summed E-state index contributed by atoms with van der Waals surface area (Å²) in [7, 11) is 0. The lowest BCUT2D eigenvalue weighted by Crippen LogP contribution is -2.40. The van der Waals surface area contributed by atoms with Crippen molar-refractivity contribution < 1.29 is 9.21 Å². The smallest absolute Gasteiger partial charge is 0.292 e. The van der Waals surface area contributed by atoms with Crippen molar-refractivity contribution in [2.24, 2.45) is 5.92 Å². The summed E-state index contributed by atoms with van der Waals surface area (Å²) in [5.74, 6) is 1.28. The Morgan fingerprint density at radius 1 is 1.33 bits per heavy atom. The molecule has 1 fully saturated rings. The van der Waals surface area contributed by atoms with Gasteiger partial charge < -0.3 is 15.1 Å². The van der Waals surface area contributed by atoms with Gasteiger partial charge in [-0.3, -0.25) is 4.79 Å². The molecule has 1 aliphatic carbocycles. The summed E-state index contributed by atoms with van der Waals surface area (Å²) in [5.41, 5.74) is 6.46. The van der Waals surface area contributed by atoms with Crippen LogP contribution < -0.4 is 5.73 Å². The monoisotopic (exact) mass is 249 g/mol. The minimum absolute atomic E-state index is 0.215. The second-order valence-corrected chi connectivity index (χ2v) is 5.27. The van der Waals surface area contributed by atoms with Gasteiger partial charge in [0.1, 0.15) is 5.76 Å². The minimum Gasteiger partial charge on any atom is -0.427 e. The first kappa shape index (κ1) is 11.6. The SMILES string of the molecule is Nc1nc2c(o1)CN(C(=O)C1CCCCC1)CC2. The molecule has 18 heavy (non-hydrogen) atoms. The number of oxazole rings is 1. The van der Waals surface area contributed by atoms with Crippen molar-refractivity contribution in [2.45, 2.75) is 45.1 Å². The molecule has 2 heterocycles. The predicted molar refractivity (Wildman–Crippen MR) is 66.6 cm³/mol. The maximum Gasteiger partial charge on any atom is 0.292 e. The van der Waals surface area contributed by atoms with E-state index in [1.54, 1.807) is 0 Å². The van der Waals surface area contributed by atoms with E-state index in [9.17, 15) is 4.79 Å². The second-order valence-electron chi connectivity index (χ2n) is 5.27. The fraction of sp³-hybridized carbons (Fsp3) is 0.692. The molecule has 1 saturated carbocycles. The molecule has 5 heteroatoms. The van der Waals surface area contributed by atoms with Crippen LogP contribution in [-0.2, 0) is 17.8 Å². The van der Waals surface area contributed by atoms with Crippen molar-refractivity contribution in [3.63, 3.8) is 0 Å². The van der Waals surface area contributed by atoms with Crippen molar-refractivity contribution in [3.05, 3.63) is 11.5 Å². The van der Waals surface area contributed by atoms with Crippen molar-refractivity contribution >= 4 is 11.9 Å². The number of amides is 1. The molecule has 3 rings (SSSR count). The fourth-order valence-corrected chi connectivity index (χ4v) is 3.01. The molecule has 1 amide bonds. The Morgan fingerprint density at radius 2 is 2.11 bits per heavy atom. The van der Waals surface area contributed by atoms with Crippen LogP contribution in [0.2, 0.25) is 0 Å². The van der Waals surface area contributed by atoms with Gasteiger partial charge in [0.15, 0.2) is 0 Å². The molecule has 0 radical (unpaired) electrons. The van der Waals surface area contributed by atoms with Gasteiger partial charge in [-0.2, -0.15) is 4.98 Å². The van der Waals surface area contributed by atoms with Gasteiger partial charge in [0.2, 0.25) is 5.91 Å². The van der Waals surface area contributed by atoms with Crippen LogP contribution in [0.3, 0.4) is 0 Å². The van der Waals surface area contributed by atoms with E-state index in [0.29, 0.717) is 6.54 Å². The molecule has 0 spiro atoms. The molecule has 1 aliphatic heterocycles.